The summed E-state index contributed by atoms with van der Waals surface area (Å²) in [5.74, 6) is 0. The Morgan fingerprint density at radius 3 is 2.90 bits per heavy atom. The lowest BCUT2D eigenvalue weighted by atomic mass is 9.97. The summed E-state index contributed by atoms with van der Waals surface area (Å²) < 4.78 is 0. The first-order valence-electron chi connectivity index (χ1n) is 7.71. The molecule has 2 aromatic rings. The summed E-state index contributed by atoms with van der Waals surface area (Å²) in [7, 11) is 0. The quantitative estimate of drug-likeness (QED) is 0.898. The van der Waals surface area contributed by atoms with Gasteiger partial charge in [0.2, 0.25) is 0 Å². The molecule has 0 bridgehead atoms. The van der Waals surface area contributed by atoms with Crippen LogP contribution < -0.4 is 5.32 Å². The van der Waals surface area contributed by atoms with Crippen LogP contribution in [0.15, 0.2) is 36.7 Å². The molecule has 110 valence electrons. The van der Waals surface area contributed by atoms with Crippen molar-refractivity contribution in [2.45, 2.75) is 38.6 Å². The smallest absolute Gasteiger partial charge is 0.0637 e. The van der Waals surface area contributed by atoms with E-state index in [4.69, 9.17) is 11.6 Å². The molecule has 0 fully saturated rings. The number of nitrogens with one attached hydrogen (secondary N) is 1. The summed E-state index contributed by atoms with van der Waals surface area (Å²) in [4.78, 5) is 4.08. The van der Waals surface area contributed by atoms with Crippen LogP contribution in [0.1, 0.15) is 41.6 Å². The zero-order chi connectivity index (χ0) is 14.7. The van der Waals surface area contributed by atoms with E-state index >= 15 is 0 Å². The van der Waals surface area contributed by atoms with Crippen LogP contribution in [0.4, 0.5) is 0 Å². The van der Waals surface area contributed by atoms with E-state index in [2.05, 4.69) is 35.4 Å². The van der Waals surface area contributed by atoms with Gasteiger partial charge in [-0.1, -0.05) is 36.7 Å². The summed E-state index contributed by atoms with van der Waals surface area (Å²) in [5, 5.41) is 4.28. The van der Waals surface area contributed by atoms with Gasteiger partial charge in [-0.25, -0.2) is 0 Å². The highest BCUT2D eigenvalue weighted by Crippen LogP contribution is 2.28. The number of hydrogen-bond acceptors (Lipinski definition) is 2. The van der Waals surface area contributed by atoms with Crippen LogP contribution in [0.25, 0.3) is 0 Å². The number of halogens is 1. The Balaban J connectivity index is 1.84. The molecule has 21 heavy (non-hydrogen) atoms. The minimum Gasteiger partial charge on any atom is -0.310 e. The molecule has 2 nitrogen and oxygen atoms in total. The van der Waals surface area contributed by atoms with E-state index in [1.54, 1.807) is 6.20 Å². The number of nitrogens with zero attached hydrogens (tertiary/aromatic N) is 1. The Kier molecular flexibility index (Phi) is 4.57. The van der Waals surface area contributed by atoms with Gasteiger partial charge in [0, 0.05) is 18.4 Å². The average molecular weight is 301 g/mol. The fourth-order valence-corrected chi connectivity index (χ4v) is 3.45. The SMILES string of the molecule is CCNC(Cc1ccc2c(c1)CCC2)c1ccncc1Cl. The maximum Gasteiger partial charge on any atom is 0.0637 e. The third-order valence-electron chi connectivity index (χ3n) is 4.23. The van der Waals surface area contributed by atoms with Gasteiger partial charge in [-0.2, -0.15) is 0 Å². The van der Waals surface area contributed by atoms with Gasteiger partial charge in [-0.3, -0.25) is 4.98 Å². The van der Waals surface area contributed by atoms with Gasteiger partial charge in [0.25, 0.3) is 0 Å². The predicted octanol–water partition coefficient (Wildman–Crippen LogP) is 4.12. The molecule has 0 saturated heterocycles. The number of fused-ring (bicyclic) bond motifs is 1. The standard InChI is InChI=1S/C18H21ClN2/c1-2-21-18(16-8-9-20-12-17(16)19)11-13-6-7-14-4-3-5-15(14)10-13/h6-10,12,18,21H,2-5,11H2,1H3. The zero-order valence-electron chi connectivity index (χ0n) is 12.4. The van der Waals surface area contributed by atoms with Crippen molar-refractivity contribution in [3.8, 4) is 0 Å². The van der Waals surface area contributed by atoms with Gasteiger partial charge in [0.1, 0.15) is 0 Å². The molecule has 1 heterocycles. The molecule has 1 aliphatic rings. The van der Waals surface area contributed by atoms with Crippen molar-refractivity contribution >= 4 is 11.6 Å². The lowest BCUT2D eigenvalue weighted by molar-refractivity contribution is 0.549. The lowest BCUT2D eigenvalue weighted by Crippen LogP contribution is -2.23. The second-order valence-electron chi connectivity index (χ2n) is 5.67. The van der Waals surface area contributed by atoms with E-state index in [0.29, 0.717) is 0 Å². The third kappa shape index (κ3) is 3.28. The van der Waals surface area contributed by atoms with E-state index in [-0.39, 0.29) is 6.04 Å². The molecule has 1 aromatic carbocycles. The normalized spacial score (nSPS) is 15.0. The number of rotatable bonds is 5. The van der Waals surface area contributed by atoms with E-state index in [1.165, 1.54) is 36.0 Å². The molecule has 0 radical (unpaired) electrons. The van der Waals surface area contributed by atoms with Crippen LogP contribution in [-0.4, -0.2) is 11.5 Å². The summed E-state index contributed by atoms with van der Waals surface area (Å²) in [6, 6.07) is 9.20. The first kappa shape index (κ1) is 14.6. The van der Waals surface area contributed by atoms with E-state index in [0.717, 1.165) is 23.6 Å². The molecule has 0 amide bonds. The zero-order valence-corrected chi connectivity index (χ0v) is 13.2. The van der Waals surface area contributed by atoms with Crippen LogP contribution in [0, 0.1) is 0 Å². The second-order valence-corrected chi connectivity index (χ2v) is 6.08. The fraction of sp³-hybridized carbons (Fsp3) is 0.389. The molecule has 1 aliphatic carbocycles. The topological polar surface area (TPSA) is 24.9 Å². The molecular formula is C18H21ClN2. The van der Waals surface area contributed by atoms with Gasteiger partial charge < -0.3 is 5.32 Å². The Morgan fingerprint density at radius 1 is 1.24 bits per heavy atom. The molecule has 1 atom stereocenters. The van der Waals surface area contributed by atoms with Crippen LogP contribution >= 0.6 is 11.6 Å². The highest BCUT2D eigenvalue weighted by Gasteiger charge is 2.16. The third-order valence-corrected chi connectivity index (χ3v) is 4.55. The highest BCUT2D eigenvalue weighted by molar-refractivity contribution is 6.31. The number of likely N-dealkylation sites (N-methyl/N-ethyl adjacent to an activating group) is 1. The first-order valence-corrected chi connectivity index (χ1v) is 8.09. The largest absolute Gasteiger partial charge is 0.310 e. The van der Waals surface area contributed by atoms with Crippen molar-refractivity contribution in [1.29, 1.82) is 0 Å². The van der Waals surface area contributed by atoms with Crippen LogP contribution in [0.2, 0.25) is 5.02 Å². The van der Waals surface area contributed by atoms with Crippen LogP contribution in [-0.2, 0) is 19.3 Å². The van der Waals surface area contributed by atoms with Gasteiger partial charge in [-0.15, -0.1) is 0 Å². The summed E-state index contributed by atoms with van der Waals surface area (Å²) in [6.07, 6.45) is 8.27. The van der Waals surface area contributed by atoms with E-state index in [1.807, 2.05) is 12.3 Å². The van der Waals surface area contributed by atoms with Crippen LogP contribution in [0.5, 0.6) is 0 Å². The van der Waals surface area contributed by atoms with Crippen molar-refractivity contribution in [2.24, 2.45) is 0 Å². The highest BCUT2D eigenvalue weighted by atomic mass is 35.5. The Bertz CT molecular complexity index is 624. The van der Waals surface area contributed by atoms with Crippen molar-refractivity contribution in [3.05, 3.63) is 63.9 Å². The Hall–Kier alpha value is -1.38. The molecule has 3 rings (SSSR count). The monoisotopic (exact) mass is 300 g/mol. The summed E-state index contributed by atoms with van der Waals surface area (Å²) in [5.41, 5.74) is 5.58. The summed E-state index contributed by atoms with van der Waals surface area (Å²) in [6.45, 7) is 3.05. The lowest BCUT2D eigenvalue weighted by Gasteiger charge is -2.20. The molecule has 0 spiro atoms. The minimum atomic E-state index is 0.241. The van der Waals surface area contributed by atoms with Crippen molar-refractivity contribution in [3.63, 3.8) is 0 Å². The van der Waals surface area contributed by atoms with Crippen molar-refractivity contribution in [1.82, 2.24) is 10.3 Å². The molecule has 1 aromatic heterocycles. The van der Waals surface area contributed by atoms with Gasteiger partial charge in [0.05, 0.1) is 5.02 Å². The molecule has 1 N–H and O–H groups in total. The molecule has 3 heteroatoms. The predicted molar refractivity (Wildman–Crippen MR) is 87.8 cm³/mol. The molecule has 1 unspecified atom stereocenters. The number of pyridine rings is 1. The van der Waals surface area contributed by atoms with E-state index < -0.39 is 0 Å². The minimum absolute atomic E-state index is 0.241. The average Bonchev–Trinajstić information content (AvgIpc) is 2.95. The first-order chi connectivity index (χ1) is 10.3. The van der Waals surface area contributed by atoms with Crippen LogP contribution in [0.3, 0.4) is 0 Å². The van der Waals surface area contributed by atoms with E-state index in [9.17, 15) is 0 Å². The van der Waals surface area contributed by atoms with Crippen molar-refractivity contribution < 1.29 is 0 Å². The fourth-order valence-electron chi connectivity index (χ4n) is 3.19. The maximum atomic E-state index is 6.31. The van der Waals surface area contributed by atoms with Gasteiger partial charge in [-0.05, 0) is 60.5 Å². The maximum absolute atomic E-state index is 6.31. The molecule has 0 aliphatic heterocycles. The number of hydrogen-bond donors (Lipinski definition) is 1. The van der Waals surface area contributed by atoms with Crippen molar-refractivity contribution in [2.75, 3.05) is 6.54 Å². The number of aryl methyl sites for hydroxylation is 2. The summed E-state index contributed by atoms with van der Waals surface area (Å²) >= 11 is 6.31. The second kappa shape index (κ2) is 6.59. The Morgan fingerprint density at radius 2 is 2.10 bits per heavy atom. The molecular weight excluding hydrogens is 280 g/mol. The Labute approximate surface area is 131 Å². The number of benzene rings is 1. The molecule has 0 saturated carbocycles. The number of aromatic nitrogens is 1. The van der Waals surface area contributed by atoms with Gasteiger partial charge in [0.15, 0.2) is 0 Å². The van der Waals surface area contributed by atoms with Gasteiger partial charge >= 0.3 is 0 Å².